The van der Waals surface area contributed by atoms with Crippen molar-refractivity contribution in [2.24, 2.45) is 0 Å². The van der Waals surface area contributed by atoms with Crippen LogP contribution in [0.4, 0.5) is 4.39 Å². The minimum Gasteiger partial charge on any atom is -0.383 e. The molecule has 0 unspecified atom stereocenters. The van der Waals surface area contributed by atoms with Gasteiger partial charge in [0.05, 0.1) is 6.61 Å². The first-order chi connectivity index (χ1) is 11.6. The van der Waals surface area contributed by atoms with Crippen molar-refractivity contribution in [3.63, 3.8) is 0 Å². The molecule has 0 aliphatic carbocycles. The van der Waals surface area contributed by atoms with Crippen molar-refractivity contribution < 1.29 is 18.7 Å². The molecule has 6 nitrogen and oxygen atoms in total. The second-order valence-corrected chi connectivity index (χ2v) is 4.99. The molecular weight excluding hydrogens is 313 g/mol. The van der Waals surface area contributed by atoms with Crippen LogP contribution in [-0.2, 0) is 11.3 Å². The Bertz CT molecular complexity index is 704. The van der Waals surface area contributed by atoms with Gasteiger partial charge in [-0.05, 0) is 29.8 Å². The third-order valence-electron chi connectivity index (χ3n) is 3.21. The minimum absolute atomic E-state index is 0.136. The Morgan fingerprint density at radius 2 is 1.88 bits per heavy atom. The number of aromatic nitrogens is 1. The van der Waals surface area contributed by atoms with Gasteiger partial charge in [-0.25, -0.2) is 4.39 Å². The summed E-state index contributed by atoms with van der Waals surface area (Å²) in [5, 5.41) is 5.35. The van der Waals surface area contributed by atoms with Gasteiger partial charge in [-0.1, -0.05) is 12.1 Å². The van der Waals surface area contributed by atoms with Crippen LogP contribution in [0, 0.1) is 5.82 Å². The molecule has 2 rings (SSSR count). The molecule has 2 amide bonds. The highest BCUT2D eigenvalue weighted by atomic mass is 19.1. The van der Waals surface area contributed by atoms with Crippen LogP contribution in [0.2, 0.25) is 0 Å². The number of pyridine rings is 1. The number of nitrogens with zero attached hydrogens (tertiary/aromatic N) is 1. The zero-order valence-electron chi connectivity index (χ0n) is 13.2. The summed E-state index contributed by atoms with van der Waals surface area (Å²) in [4.78, 5) is 28.0. The minimum atomic E-state index is -0.411. The fourth-order valence-corrected chi connectivity index (χ4v) is 1.94. The Hall–Kier alpha value is -2.80. The van der Waals surface area contributed by atoms with Gasteiger partial charge < -0.3 is 15.4 Å². The van der Waals surface area contributed by atoms with E-state index in [-0.39, 0.29) is 24.0 Å². The Kier molecular flexibility index (Phi) is 6.39. The number of carbonyl (C=O) groups excluding carboxylic acids is 2. The van der Waals surface area contributed by atoms with Crippen LogP contribution in [-0.4, -0.2) is 37.1 Å². The van der Waals surface area contributed by atoms with Crippen LogP contribution in [0.3, 0.4) is 0 Å². The number of hydrogen-bond donors (Lipinski definition) is 2. The van der Waals surface area contributed by atoms with Crippen LogP contribution in [0.25, 0.3) is 0 Å². The van der Waals surface area contributed by atoms with Gasteiger partial charge in [-0.2, -0.15) is 0 Å². The first-order valence-corrected chi connectivity index (χ1v) is 7.36. The van der Waals surface area contributed by atoms with Crippen LogP contribution in [0.1, 0.15) is 26.4 Å². The van der Waals surface area contributed by atoms with E-state index in [2.05, 4.69) is 15.6 Å². The molecule has 7 heteroatoms. The Labute approximate surface area is 139 Å². The Morgan fingerprint density at radius 3 is 2.58 bits per heavy atom. The second-order valence-electron chi connectivity index (χ2n) is 4.99. The monoisotopic (exact) mass is 331 g/mol. The van der Waals surface area contributed by atoms with Gasteiger partial charge in [-0.15, -0.1) is 0 Å². The summed E-state index contributed by atoms with van der Waals surface area (Å²) < 4.78 is 17.7. The highest BCUT2D eigenvalue weighted by Crippen LogP contribution is 2.05. The highest BCUT2D eigenvalue weighted by molar-refractivity contribution is 5.98. The average molecular weight is 331 g/mol. The molecular formula is C17H18FN3O3. The molecule has 0 radical (unpaired) electrons. The van der Waals surface area contributed by atoms with Gasteiger partial charge in [0.25, 0.3) is 11.8 Å². The van der Waals surface area contributed by atoms with Crippen molar-refractivity contribution in [1.29, 1.82) is 0 Å². The van der Waals surface area contributed by atoms with E-state index in [1.807, 2.05) is 0 Å². The molecule has 1 aromatic heterocycles. The Balaban J connectivity index is 1.95. The van der Waals surface area contributed by atoms with E-state index in [9.17, 15) is 14.0 Å². The second kappa shape index (κ2) is 8.73. The van der Waals surface area contributed by atoms with Crippen LogP contribution >= 0.6 is 0 Å². The fraction of sp³-hybridized carbons (Fsp3) is 0.235. The van der Waals surface area contributed by atoms with E-state index in [1.165, 1.54) is 30.5 Å². The lowest BCUT2D eigenvalue weighted by Crippen LogP contribution is -2.28. The van der Waals surface area contributed by atoms with Crippen LogP contribution in [0.5, 0.6) is 0 Å². The highest BCUT2D eigenvalue weighted by Gasteiger charge is 2.11. The fourth-order valence-electron chi connectivity index (χ4n) is 1.94. The van der Waals surface area contributed by atoms with Crippen molar-refractivity contribution in [2.75, 3.05) is 20.3 Å². The van der Waals surface area contributed by atoms with Crippen molar-refractivity contribution in [2.45, 2.75) is 6.54 Å². The molecule has 0 saturated carbocycles. The molecule has 0 aliphatic heterocycles. The maximum atomic E-state index is 12.8. The zero-order valence-corrected chi connectivity index (χ0v) is 13.2. The third-order valence-corrected chi connectivity index (χ3v) is 3.21. The molecule has 0 fully saturated rings. The maximum Gasteiger partial charge on any atom is 0.270 e. The molecule has 0 saturated heterocycles. The van der Waals surface area contributed by atoms with E-state index in [0.29, 0.717) is 18.7 Å². The lowest BCUT2D eigenvalue weighted by atomic mass is 10.2. The molecule has 0 atom stereocenters. The molecule has 0 aliphatic rings. The smallest absolute Gasteiger partial charge is 0.270 e. The molecule has 126 valence electrons. The first-order valence-electron chi connectivity index (χ1n) is 7.36. The number of amides is 2. The first kappa shape index (κ1) is 17.6. The van der Waals surface area contributed by atoms with E-state index < -0.39 is 5.91 Å². The summed E-state index contributed by atoms with van der Waals surface area (Å²) in [6, 6.07) is 8.77. The maximum absolute atomic E-state index is 12.8. The summed E-state index contributed by atoms with van der Waals surface area (Å²) in [7, 11) is 1.54. The number of halogens is 1. The topological polar surface area (TPSA) is 80.3 Å². The van der Waals surface area contributed by atoms with Gasteiger partial charge in [0, 0.05) is 32.0 Å². The molecule has 0 bridgehead atoms. The summed E-state index contributed by atoms with van der Waals surface area (Å²) in [5.41, 5.74) is 1.24. The van der Waals surface area contributed by atoms with Crippen LogP contribution < -0.4 is 10.6 Å². The SMILES string of the molecule is COCCNC(=O)c1ccnc(C(=O)NCc2ccc(F)cc2)c1. The number of methoxy groups -OCH3 is 1. The average Bonchev–Trinajstić information content (AvgIpc) is 2.61. The number of ether oxygens (including phenoxy) is 1. The summed E-state index contributed by atoms with van der Waals surface area (Å²) >= 11 is 0. The van der Waals surface area contributed by atoms with E-state index in [0.717, 1.165) is 5.56 Å². The van der Waals surface area contributed by atoms with Crippen LogP contribution in [0.15, 0.2) is 42.6 Å². The quantitative estimate of drug-likeness (QED) is 0.754. The van der Waals surface area contributed by atoms with Gasteiger partial charge in [0.2, 0.25) is 0 Å². The summed E-state index contributed by atoms with van der Waals surface area (Å²) in [6.07, 6.45) is 1.40. The van der Waals surface area contributed by atoms with Crippen molar-refractivity contribution in [3.05, 3.63) is 65.2 Å². The van der Waals surface area contributed by atoms with E-state index in [1.54, 1.807) is 19.2 Å². The Morgan fingerprint density at radius 1 is 1.12 bits per heavy atom. The van der Waals surface area contributed by atoms with E-state index in [4.69, 9.17) is 4.74 Å². The summed E-state index contributed by atoms with van der Waals surface area (Å²) in [5.74, 6) is -1.05. The number of benzene rings is 1. The molecule has 1 heterocycles. The molecule has 2 N–H and O–H groups in total. The zero-order chi connectivity index (χ0) is 17.4. The van der Waals surface area contributed by atoms with Gasteiger partial charge in [0.1, 0.15) is 11.5 Å². The third kappa shape index (κ3) is 5.13. The lowest BCUT2D eigenvalue weighted by Gasteiger charge is -2.07. The number of rotatable bonds is 7. The summed E-state index contributed by atoms with van der Waals surface area (Å²) in [6.45, 7) is 1.02. The molecule has 2 aromatic rings. The van der Waals surface area contributed by atoms with Gasteiger partial charge >= 0.3 is 0 Å². The van der Waals surface area contributed by atoms with Gasteiger partial charge in [-0.3, -0.25) is 14.6 Å². The molecule has 0 spiro atoms. The molecule has 1 aromatic carbocycles. The number of nitrogens with one attached hydrogen (secondary N) is 2. The van der Waals surface area contributed by atoms with Crippen molar-refractivity contribution in [3.8, 4) is 0 Å². The van der Waals surface area contributed by atoms with Crippen molar-refractivity contribution >= 4 is 11.8 Å². The number of hydrogen-bond acceptors (Lipinski definition) is 4. The molecule has 24 heavy (non-hydrogen) atoms. The standard InChI is InChI=1S/C17H18FN3O3/c1-24-9-8-20-16(22)13-6-7-19-15(10-13)17(23)21-11-12-2-4-14(18)5-3-12/h2-7,10H,8-9,11H2,1H3,(H,20,22)(H,21,23). The lowest BCUT2D eigenvalue weighted by molar-refractivity contribution is 0.0937. The predicted molar refractivity (Wildman–Crippen MR) is 86.0 cm³/mol. The normalized spacial score (nSPS) is 10.2. The van der Waals surface area contributed by atoms with Crippen molar-refractivity contribution in [1.82, 2.24) is 15.6 Å². The van der Waals surface area contributed by atoms with E-state index >= 15 is 0 Å². The largest absolute Gasteiger partial charge is 0.383 e. The number of carbonyl (C=O) groups is 2. The van der Waals surface area contributed by atoms with Gasteiger partial charge in [0.15, 0.2) is 0 Å². The predicted octanol–water partition coefficient (Wildman–Crippen LogP) is 1.53.